The molecular weight excluding hydrogens is 280 g/mol. The molecule has 0 aromatic heterocycles. The molecule has 0 nitrogen and oxygen atoms in total. The molecule has 4 rings (SSSR count). The standard InChI is InChI=1S/C21H20Si/c1-22(2,16-10-4-3-5-11-16)21-19-14-8-6-12-17(19)18-13-7-9-15-20(18)21/h3-15,21H,1-2H3. The van der Waals surface area contributed by atoms with Crippen LogP contribution in [0.15, 0.2) is 78.9 Å². The fourth-order valence-corrected chi connectivity index (χ4v) is 7.41. The molecule has 1 aliphatic carbocycles. The highest BCUT2D eigenvalue weighted by Gasteiger charge is 2.41. The maximum Gasteiger partial charge on any atom is 0.0927 e. The highest BCUT2D eigenvalue weighted by Crippen LogP contribution is 2.48. The summed E-state index contributed by atoms with van der Waals surface area (Å²) in [5.41, 5.74) is 6.44. The Bertz CT molecular complexity index is 773. The van der Waals surface area contributed by atoms with Crippen LogP contribution in [-0.4, -0.2) is 8.07 Å². The van der Waals surface area contributed by atoms with E-state index < -0.39 is 8.07 Å². The second-order valence-corrected chi connectivity index (χ2v) is 11.3. The van der Waals surface area contributed by atoms with Gasteiger partial charge in [0.25, 0.3) is 0 Å². The molecule has 0 radical (unpaired) electrons. The molecule has 0 amide bonds. The molecule has 0 spiro atoms. The molecule has 0 bridgehead atoms. The molecule has 0 heterocycles. The fourth-order valence-electron chi connectivity index (χ4n) is 3.97. The largest absolute Gasteiger partial charge is 0.0927 e. The van der Waals surface area contributed by atoms with Gasteiger partial charge in [0.15, 0.2) is 0 Å². The van der Waals surface area contributed by atoms with Crippen molar-refractivity contribution in [3.05, 3.63) is 90.0 Å². The third kappa shape index (κ3) is 1.89. The van der Waals surface area contributed by atoms with Gasteiger partial charge in [0.2, 0.25) is 0 Å². The molecule has 1 aliphatic rings. The Hall–Kier alpha value is -2.12. The molecule has 0 aliphatic heterocycles. The molecule has 0 atom stereocenters. The summed E-state index contributed by atoms with van der Waals surface area (Å²) < 4.78 is 0. The van der Waals surface area contributed by atoms with Crippen LogP contribution in [0, 0.1) is 0 Å². The quantitative estimate of drug-likeness (QED) is 0.587. The molecule has 0 saturated heterocycles. The second-order valence-electron chi connectivity index (χ2n) is 6.70. The minimum Gasteiger partial charge on any atom is -0.0647 e. The fraction of sp³-hybridized carbons (Fsp3) is 0.143. The van der Waals surface area contributed by atoms with Crippen LogP contribution in [0.25, 0.3) is 11.1 Å². The topological polar surface area (TPSA) is 0 Å². The minimum absolute atomic E-state index is 0.544. The average molecular weight is 300 g/mol. The zero-order valence-corrected chi connectivity index (χ0v) is 14.1. The molecule has 108 valence electrons. The van der Waals surface area contributed by atoms with Crippen LogP contribution in [-0.2, 0) is 0 Å². The van der Waals surface area contributed by atoms with Gasteiger partial charge >= 0.3 is 0 Å². The molecule has 22 heavy (non-hydrogen) atoms. The number of rotatable bonds is 2. The highest BCUT2D eigenvalue weighted by atomic mass is 28.3. The maximum atomic E-state index is 2.51. The predicted octanol–water partition coefficient (Wildman–Crippen LogP) is 4.95. The van der Waals surface area contributed by atoms with Crippen molar-refractivity contribution in [1.29, 1.82) is 0 Å². The second kappa shape index (κ2) is 4.96. The maximum absolute atomic E-state index is 2.51. The lowest BCUT2D eigenvalue weighted by Crippen LogP contribution is -2.47. The molecule has 0 unspecified atom stereocenters. The summed E-state index contributed by atoms with van der Waals surface area (Å²) in [7, 11) is -1.65. The summed E-state index contributed by atoms with van der Waals surface area (Å²) in [5, 5.41) is 1.53. The Balaban J connectivity index is 1.96. The van der Waals surface area contributed by atoms with Gasteiger partial charge in [-0.3, -0.25) is 0 Å². The van der Waals surface area contributed by atoms with Gasteiger partial charge in [-0.25, -0.2) is 0 Å². The van der Waals surface area contributed by atoms with E-state index in [-0.39, 0.29) is 0 Å². The molecular formula is C21H20Si. The van der Waals surface area contributed by atoms with E-state index >= 15 is 0 Å². The van der Waals surface area contributed by atoms with Gasteiger partial charge < -0.3 is 0 Å². The van der Waals surface area contributed by atoms with Crippen LogP contribution >= 0.6 is 0 Å². The van der Waals surface area contributed by atoms with E-state index in [1.54, 1.807) is 0 Å². The van der Waals surface area contributed by atoms with Gasteiger partial charge in [-0.2, -0.15) is 0 Å². The van der Waals surface area contributed by atoms with Gasteiger partial charge in [-0.1, -0.05) is 97.1 Å². The van der Waals surface area contributed by atoms with Crippen LogP contribution in [0.3, 0.4) is 0 Å². The van der Waals surface area contributed by atoms with Crippen molar-refractivity contribution in [1.82, 2.24) is 0 Å². The summed E-state index contributed by atoms with van der Waals surface area (Å²) in [5.74, 6) is 0. The van der Waals surface area contributed by atoms with E-state index in [9.17, 15) is 0 Å². The van der Waals surface area contributed by atoms with Crippen molar-refractivity contribution in [2.45, 2.75) is 18.6 Å². The summed E-state index contributed by atoms with van der Waals surface area (Å²) in [6.07, 6.45) is 0. The zero-order chi connectivity index (χ0) is 15.2. The van der Waals surface area contributed by atoms with Gasteiger partial charge in [0.1, 0.15) is 0 Å². The van der Waals surface area contributed by atoms with Gasteiger partial charge in [-0.15, -0.1) is 0 Å². The van der Waals surface area contributed by atoms with Gasteiger partial charge in [0, 0.05) is 5.54 Å². The third-order valence-electron chi connectivity index (χ3n) is 5.07. The van der Waals surface area contributed by atoms with Crippen LogP contribution in [0.1, 0.15) is 16.7 Å². The predicted molar refractivity (Wildman–Crippen MR) is 97.3 cm³/mol. The SMILES string of the molecule is C[Si](C)(c1ccccc1)C1c2ccccc2-c2ccccc21. The van der Waals surface area contributed by atoms with Crippen molar-refractivity contribution in [2.24, 2.45) is 0 Å². The van der Waals surface area contributed by atoms with Crippen molar-refractivity contribution in [3.63, 3.8) is 0 Å². The van der Waals surface area contributed by atoms with Crippen LogP contribution in [0.4, 0.5) is 0 Å². The molecule has 0 fully saturated rings. The summed E-state index contributed by atoms with van der Waals surface area (Å²) >= 11 is 0. The lowest BCUT2D eigenvalue weighted by molar-refractivity contribution is 1.13. The summed E-state index contributed by atoms with van der Waals surface area (Å²) in [6.45, 7) is 5.01. The molecule has 0 N–H and O–H groups in total. The Morgan fingerprint density at radius 2 is 1.05 bits per heavy atom. The lowest BCUT2D eigenvalue weighted by atomic mass is 10.1. The number of hydrogen-bond acceptors (Lipinski definition) is 0. The van der Waals surface area contributed by atoms with E-state index in [0.29, 0.717) is 5.54 Å². The van der Waals surface area contributed by atoms with E-state index in [1.807, 2.05) is 0 Å². The molecule has 3 aromatic rings. The third-order valence-corrected chi connectivity index (χ3v) is 8.96. The van der Waals surface area contributed by atoms with E-state index in [1.165, 1.54) is 27.4 Å². The molecule has 1 heteroatoms. The Kier molecular flexibility index (Phi) is 3.05. The highest BCUT2D eigenvalue weighted by molar-refractivity contribution is 6.91. The Morgan fingerprint density at radius 3 is 1.59 bits per heavy atom. The first-order valence-corrected chi connectivity index (χ1v) is 11.0. The first kappa shape index (κ1) is 13.5. The van der Waals surface area contributed by atoms with Crippen molar-refractivity contribution in [2.75, 3.05) is 0 Å². The number of benzene rings is 3. The minimum atomic E-state index is -1.65. The molecule has 0 saturated carbocycles. The average Bonchev–Trinajstić information content (AvgIpc) is 2.91. The van der Waals surface area contributed by atoms with Gasteiger partial charge in [0.05, 0.1) is 8.07 Å². The first-order chi connectivity index (χ1) is 10.7. The van der Waals surface area contributed by atoms with Crippen LogP contribution < -0.4 is 5.19 Å². The normalized spacial score (nSPS) is 13.7. The van der Waals surface area contributed by atoms with E-state index in [4.69, 9.17) is 0 Å². The van der Waals surface area contributed by atoms with Crippen LogP contribution in [0.2, 0.25) is 13.1 Å². The van der Waals surface area contributed by atoms with E-state index in [0.717, 1.165) is 0 Å². The number of hydrogen-bond donors (Lipinski definition) is 0. The van der Waals surface area contributed by atoms with Crippen molar-refractivity contribution in [3.8, 4) is 11.1 Å². The summed E-state index contributed by atoms with van der Waals surface area (Å²) in [4.78, 5) is 0. The van der Waals surface area contributed by atoms with Crippen molar-refractivity contribution >= 4 is 13.3 Å². The first-order valence-electron chi connectivity index (χ1n) is 7.93. The Labute approximate surface area is 133 Å². The number of fused-ring (bicyclic) bond motifs is 3. The smallest absolute Gasteiger partial charge is 0.0647 e. The molecule has 3 aromatic carbocycles. The lowest BCUT2D eigenvalue weighted by Gasteiger charge is -2.32. The van der Waals surface area contributed by atoms with Crippen molar-refractivity contribution < 1.29 is 0 Å². The zero-order valence-electron chi connectivity index (χ0n) is 13.1. The van der Waals surface area contributed by atoms with Gasteiger partial charge in [-0.05, 0) is 22.3 Å². The Morgan fingerprint density at radius 1 is 0.591 bits per heavy atom. The summed E-state index contributed by atoms with van der Waals surface area (Å²) in [6, 6.07) is 29.0. The van der Waals surface area contributed by atoms with E-state index in [2.05, 4.69) is 92.0 Å². The monoisotopic (exact) mass is 300 g/mol. The van der Waals surface area contributed by atoms with Crippen LogP contribution in [0.5, 0.6) is 0 Å².